The molecule has 0 amide bonds. The summed E-state index contributed by atoms with van der Waals surface area (Å²) in [7, 11) is 2.31. The zero-order valence-electron chi connectivity index (χ0n) is 10.5. The van der Waals surface area contributed by atoms with Gasteiger partial charge in [0.2, 0.25) is 0 Å². The van der Waals surface area contributed by atoms with Gasteiger partial charge in [0.05, 0.1) is 0 Å². The van der Waals surface area contributed by atoms with Crippen LogP contribution in [-0.4, -0.2) is 53.9 Å². The van der Waals surface area contributed by atoms with Gasteiger partial charge in [0.15, 0.2) is 0 Å². The van der Waals surface area contributed by atoms with Crippen molar-refractivity contribution in [2.24, 2.45) is 0 Å². The maximum absolute atomic E-state index is 3.85. The van der Waals surface area contributed by atoms with Gasteiger partial charge in [0.25, 0.3) is 0 Å². The van der Waals surface area contributed by atoms with Gasteiger partial charge in [0, 0.05) is 24.0 Å². The molecule has 0 aromatic heterocycles. The van der Waals surface area contributed by atoms with Crippen LogP contribution >= 0.6 is 15.9 Å². The first-order chi connectivity index (χ1) is 7.77. The molecule has 1 saturated carbocycles. The van der Waals surface area contributed by atoms with Crippen LogP contribution in [0.5, 0.6) is 0 Å². The Hall–Kier alpha value is 0.400. The molecule has 0 aromatic rings. The van der Waals surface area contributed by atoms with Gasteiger partial charge >= 0.3 is 0 Å². The zero-order chi connectivity index (χ0) is 11.4. The lowest BCUT2D eigenvalue weighted by molar-refractivity contribution is 0.176. The summed E-state index contributed by atoms with van der Waals surface area (Å²) in [6.07, 6.45) is 8.39. The second-order valence-corrected chi connectivity index (χ2v) is 6.57. The fourth-order valence-electron chi connectivity index (χ4n) is 3.03. The summed E-state index contributed by atoms with van der Waals surface area (Å²) in [5, 5.41) is 0. The van der Waals surface area contributed by atoms with E-state index in [4.69, 9.17) is 0 Å². The van der Waals surface area contributed by atoms with Crippen LogP contribution in [0.1, 0.15) is 38.5 Å². The van der Waals surface area contributed by atoms with Gasteiger partial charge in [-0.25, -0.2) is 0 Å². The van der Waals surface area contributed by atoms with Crippen LogP contribution in [0.15, 0.2) is 0 Å². The van der Waals surface area contributed by atoms with E-state index >= 15 is 0 Å². The van der Waals surface area contributed by atoms with E-state index in [0.29, 0.717) is 0 Å². The molecule has 0 spiro atoms. The number of rotatable bonds is 4. The quantitative estimate of drug-likeness (QED) is 0.734. The molecule has 16 heavy (non-hydrogen) atoms. The van der Waals surface area contributed by atoms with E-state index in [1.807, 2.05) is 0 Å². The number of likely N-dealkylation sites (tertiary alicyclic amines) is 1. The maximum Gasteiger partial charge on any atom is 0.0301 e. The molecule has 1 aliphatic heterocycles. The number of alkyl halides is 1. The van der Waals surface area contributed by atoms with Gasteiger partial charge in [0.1, 0.15) is 0 Å². The number of halogens is 1. The highest BCUT2D eigenvalue weighted by Gasteiger charge is 2.26. The standard InChI is InChI=1S/C13H25BrN2/c1-15(10-11-16-8-4-5-9-16)13-7-3-2-6-12(13)14/h12-13H,2-11H2,1H3. The van der Waals surface area contributed by atoms with Crippen LogP contribution in [0.2, 0.25) is 0 Å². The number of hydrogen-bond donors (Lipinski definition) is 0. The van der Waals surface area contributed by atoms with Gasteiger partial charge in [-0.3, -0.25) is 0 Å². The largest absolute Gasteiger partial charge is 0.302 e. The average molecular weight is 289 g/mol. The zero-order valence-corrected chi connectivity index (χ0v) is 12.1. The molecule has 2 nitrogen and oxygen atoms in total. The van der Waals surface area contributed by atoms with Crippen molar-refractivity contribution >= 4 is 15.9 Å². The van der Waals surface area contributed by atoms with Gasteiger partial charge < -0.3 is 9.80 Å². The maximum atomic E-state index is 3.85. The van der Waals surface area contributed by atoms with Crippen LogP contribution in [0.4, 0.5) is 0 Å². The predicted molar refractivity (Wildman–Crippen MR) is 73.3 cm³/mol. The highest BCUT2D eigenvalue weighted by molar-refractivity contribution is 9.09. The van der Waals surface area contributed by atoms with Crippen molar-refractivity contribution < 1.29 is 0 Å². The topological polar surface area (TPSA) is 6.48 Å². The molecule has 1 heterocycles. The normalized spacial score (nSPS) is 32.4. The van der Waals surface area contributed by atoms with Gasteiger partial charge in [-0.2, -0.15) is 0 Å². The summed E-state index contributed by atoms with van der Waals surface area (Å²) in [6.45, 7) is 5.17. The third kappa shape index (κ3) is 3.44. The smallest absolute Gasteiger partial charge is 0.0301 e. The SMILES string of the molecule is CN(CCN1CCCC1)C1CCCCC1Br. The number of likely N-dealkylation sites (N-methyl/N-ethyl adjacent to an activating group) is 1. The van der Waals surface area contributed by atoms with Gasteiger partial charge in [-0.1, -0.05) is 28.8 Å². The second-order valence-electron chi connectivity index (χ2n) is 5.40. The van der Waals surface area contributed by atoms with Crippen LogP contribution < -0.4 is 0 Å². The molecule has 2 atom stereocenters. The van der Waals surface area contributed by atoms with E-state index in [1.54, 1.807) is 0 Å². The first-order valence-corrected chi connectivity index (χ1v) is 7.75. The second kappa shape index (κ2) is 6.36. The van der Waals surface area contributed by atoms with E-state index in [0.717, 1.165) is 10.9 Å². The van der Waals surface area contributed by atoms with Crippen molar-refractivity contribution in [2.75, 3.05) is 33.2 Å². The Morgan fingerprint density at radius 2 is 1.81 bits per heavy atom. The minimum atomic E-state index is 0.727. The van der Waals surface area contributed by atoms with E-state index in [1.165, 1.54) is 64.7 Å². The number of hydrogen-bond acceptors (Lipinski definition) is 2. The monoisotopic (exact) mass is 288 g/mol. The summed E-state index contributed by atoms with van der Waals surface area (Å²) < 4.78 is 0. The van der Waals surface area contributed by atoms with Crippen molar-refractivity contribution in [1.82, 2.24) is 9.80 Å². The first-order valence-electron chi connectivity index (χ1n) is 6.84. The summed E-state index contributed by atoms with van der Waals surface area (Å²) in [5.74, 6) is 0. The first kappa shape index (κ1) is 12.8. The Labute approximate surface area is 108 Å². The minimum Gasteiger partial charge on any atom is -0.302 e. The van der Waals surface area contributed by atoms with Crippen molar-refractivity contribution in [3.8, 4) is 0 Å². The molecule has 1 aliphatic carbocycles. The van der Waals surface area contributed by atoms with Crippen LogP contribution in [0.3, 0.4) is 0 Å². The van der Waals surface area contributed by atoms with Crippen molar-refractivity contribution in [1.29, 1.82) is 0 Å². The highest BCUT2D eigenvalue weighted by atomic mass is 79.9. The Kier molecular flexibility index (Phi) is 5.11. The number of nitrogens with zero attached hydrogens (tertiary/aromatic N) is 2. The molecule has 0 aromatic carbocycles. The summed E-state index contributed by atoms with van der Waals surface area (Å²) in [6, 6.07) is 0.774. The lowest BCUT2D eigenvalue weighted by Crippen LogP contribution is -2.43. The fourth-order valence-corrected chi connectivity index (χ4v) is 4.03. The van der Waals surface area contributed by atoms with Crippen LogP contribution in [0, 0.1) is 0 Å². The van der Waals surface area contributed by atoms with Crippen LogP contribution in [-0.2, 0) is 0 Å². The molecule has 2 rings (SSSR count). The summed E-state index contributed by atoms with van der Waals surface area (Å²) in [4.78, 5) is 5.92. The molecule has 0 radical (unpaired) electrons. The predicted octanol–water partition coefficient (Wildman–Crippen LogP) is 2.72. The molecule has 1 saturated heterocycles. The Bertz CT molecular complexity index is 204. The average Bonchev–Trinajstić information content (AvgIpc) is 2.79. The van der Waals surface area contributed by atoms with Crippen molar-refractivity contribution in [3.05, 3.63) is 0 Å². The van der Waals surface area contributed by atoms with Gasteiger partial charge in [-0.05, 0) is 45.8 Å². The van der Waals surface area contributed by atoms with E-state index in [9.17, 15) is 0 Å². The third-order valence-corrected chi connectivity index (χ3v) is 5.25. The molecular weight excluding hydrogens is 264 g/mol. The Balaban J connectivity index is 1.71. The Morgan fingerprint density at radius 3 is 2.50 bits per heavy atom. The van der Waals surface area contributed by atoms with Crippen LogP contribution in [0.25, 0.3) is 0 Å². The van der Waals surface area contributed by atoms with Crippen molar-refractivity contribution in [2.45, 2.75) is 49.4 Å². The molecule has 3 heteroatoms. The molecule has 2 fully saturated rings. The lowest BCUT2D eigenvalue weighted by Gasteiger charge is -2.36. The van der Waals surface area contributed by atoms with E-state index < -0.39 is 0 Å². The van der Waals surface area contributed by atoms with Gasteiger partial charge in [-0.15, -0.1) is 0 Å². The fraction of sp³-hybridized carbons (Fsp3) is 1.00. The van der Waals surface area contributed by atoms with Crippen molar-refractivity contribution in [3.63, 3.8) is 0 Å². The minimum absolute atomic E-state index is 0.727. The molecule has 0 N–H and O–H groups in total. The highest BCUT2D eigenvalue weighted by Crippen LogP contribution is 2.27. The molecule has 0 bridgehead atoms. The third-order valence-electron chi connectivity index (χ3n) is 4.18. The Morgan fingerprint density at radius 1 is 1.12 bits per heavy atom. The molecule has 2 unspecified atom stereocenters. The molecule has 2 aliphatic rings. The van der Waals surface area contributed by atoms with E-state index in [2.05, 4.69) is 32.8 Å². The summed E-state index contributed by atoms with van der Waals surface area (Å²) >= 11 is 3.85. The lowest BCUT2D eigenvalue weighted by atomic mass is 9.94. The molecule has 94 valence electrons. The van der Waals surface area contributed by atoms with E-state index in [-0.39, 0.29) is 0 Å². The molecular formula is C13H25BrN2. The summed E-state index contributed by atoms with van der Waals surface area (Å²) in [5.41, 5.74) is 0.